The zero-order valence-corrected chi connectivity index (χ0v) is 10.3. The molecular formula is C10H8BrFN2S. The van der Waals surface area contributed by atoms with E-state index < -0.39 is 0 Å². The first-order valence-corrected chi connectivity index (χ1v) is 5.52. The molecule has 0 spiro atoms. The lowest BCUT2D eigenvalue weighted by molar-refractivity contribution is 0.626. The minimum Gasteiger partial charge on any atom is -0.337 e. The van der Waals surface area contributed by atoms with E-state index in [0.717, 1.165) is 10.2 Å². The Hall–Kier alpha value is -0.940. The molecule has 2 nitrogen and oxygen atoms in total. The Labute approximate surface area is 99.9 Å². The SMILES string of the molecule is Cc1c[nH]c(=S)n1-c1cc(F)ccc1Br. The quantitative estimate of drug-likeness (QED) is 0.792. The van der Waals surface area contributed by atoms with E-state index in [9.17, 15) is 4.39 Å². The summed E-state index contributed by atoms with van der Waals surface area (Å²) in [5, 5.41) is 0. The van der Waals surface area contributed by atoms with E-state index in [2.05, 4.69) is 20.9 Å². The predicted octanol–water partition coefficient (Wildman–Crippen LogP) is 3.74. The fraction of sp³-hybridized carbons (Fsp3) is 0.100. The van der Waals surface area contributed by atoms with E-state index >= 15 is 0 Å². The molecule has 15 heavy (non-hydrogen) atoms. The second-order valence-electron chi connectivity index (χ2n) is 3.17. The first-order chi connectivity index (χ1) is 7.09. The lowest BCUT2D eigenvalue weighted by Crippen LogP contribution is -1.98. The van der Waals surface area contributed by atoms with Gasteiger partial charge in [0.25, 0.3) is 0 Å². The summed E-state index contributed by atoms with van der Waals surface area (Å²) in [6.07, 6.45) is 1.79. The molecule has 0 radical (unpaired) electrons. The van der Waals surface area contributed by atoms with Crippen LogP contribution >= 0.6 is 28.1 Å². The maximum Gasteiger partial charge on any atom is 0.182 e. The average Bonchev–Trinajstić information content (AvgIpc) is 2.51. The van der Waals surface area contributed by atoms with Gasteiger partial charge in [-0.2, -0.15) is 0 Å². The van der Waals surface area contributed by atoms with Crippen LogP contribution in [0.15, 0.2) is 28.9 Å². The van der Waals surface area contributed by atoms with Crippen molar-refractivity contribution in [1.82, 2.24) is 9.55 Å². The largest absolute Gasteiger partial charge is 0.337 e. The van der Waals surface area contributed by atoms with Crippen LogP contribution in [-0.4, -0.2) is 9.55 Å². The Morgan fingerprint density at radius 3 is 2.80 bits per heavy atom. The van der Waals surface area contributed by atoms with Gasteiger partial charge in [-0.1, -0.05) is 0 Å². The molecule has 1 aromatic carbocycles. The van der Waals surface area contributed by atoms with Gasteiger partial charge in [0.2, 0.25) is 0 Å². The first kappa shape index (κ1) is 10.6. The Morgan fingerprint density at radius 1 is 1.47 bits per heavy atom. The van der Waals surface area contributed by atoms with Gasteiger partial charge >= 0.3 is 0 Å². The Morgan fingerprint density at radius 2 is 2.20 bits per heavy atom. The van der Waals surface area contributed by atoms with Gasteiger partial charge in [-0.25, -0.2) is 4.39 Å². The Bertz CT molecular complexity index is 559. The molecule has 1 aromatic heterocycles. The minimum atomic E-state index is -0.282. The number of aryl methyl sites for hydroxylation is 1. The summed E-state index contributed by atoms with van der Waals surface area (Å²) >= 11 is 8.49. The van der Waals surface area contributed by atoms with Crippen LogP contribution in [0.3, 0.4) is 0 Å². The summed E-state index contributed by atoms with van der Waals surface area (Å²) in [4.78, 5) is 2.92. The van der Waals surface area contributed by atoms with Gasteiger partial charge in [-0.3, -0.25) is 4.57 Å². The number of hydrogen-bond donors (Lipinski definition) is 1. The molecule has 2 rings (SSSR count). The van der Waals surface area contributed by atoms with Crippen LogP contribution < -0.4 is 0 Å². The second kappa shape index (κ2) is 3.90. The molecule has 1 heterocycles. The van der Waals surface area contributed by atoms with Crippen molar-refractivity contribution in [2.24, 2.45) is 0 Å². The summed E-state index contributed by atoms with van der Waals surface area (Å²) in [7, 11) is 0. The van der Waals surface area contributed by atoms with Crippen LogP contribution in [0.1, 0.15) is 5.69 Å². The second-order valence-corrected chi connectivity index (χ2v) is 4.41. The third-order valence-electron chi connectivity index (χ3n) is 2.11. The standard InChI is InChI=1S/C10H8BrFN2S/c1-6-5-13-10(15)14(6)9-4-7(12)2-3-8(9)11/h2-5H,1H3,(H,13,15). The Kier molecular flexibility index (Phi) is 2.75. The molecule has 0 aliphatic heterocycles. The number of hydrogen-bond acceptors (Lipinski definition) is 1. The van der Waals surface area contributed by atoms with Crippen LogP contribution in [-0.2, 0) is 0 Å². The molecule has 78 valence electrons. The smallest absolute Gasteiger partial charge is 0.182 e. The number of imidazole rings is 1. The molecule has 0 atom stereocenters. The highest BCUT2D eigenvalue weighted by Gasteiger charge is 2.07. The molecule has 0 unspecified atom stereocenters. The molecule has 0 amide bonds. The van der Waals surface area contributed by atoms with Gasteiger partial charge in [0.15, 0.2) is 4.77 Å². The molecular weight excluding hydrogens is 279 g/mol. The molecule has 0 saturated carbocycles. The van der Waals surface area contributed by atoms with E-state index in [1.165, 1.54) is 12.1 Å². The highest BCUT2D eigenvalue weighted by Crippen LogP contribution is 2.23. The van der Waals surface area contributed by atoms with Crippen LogP contribution in [0.5, 0.6) is 0 Å². The normalized spacial score (nSPS) is 10.6. The molecule has 2 aromatic rings. The molecule has 5 heteroatoms. The van der Waals surface area contributed by atoms with Gasteiger partial charge < -0.3 is 4.98 Å². The lowest BCUT2D eigenvalue weighted by Gasteiger charge is -2.07. The topological polar surface area (TPSA) is 20.7 Å². The monoisotopic (exact) mass is 286 g/mol. The summed E-state index contributed by atoms with van der Waals surface area (Å²) in [5.74, 6) is -0.282. The zero-order chi connectivity index (χ0) is 11.0. The van der Waals surface area contributed by atoms with Crippen LogP contribution in [0.25, 0.3) is 5.69 Å². The molecule has 0 aliphatic rings. The molecule has 0 bridgehead atoms. The van der Waals surface area contributed by atoms with Gasteiger partial charge in [-0.15, -0.1) is 0 Å². The van der Waals surface area contributed by atoms with Gasteiger partial charge in [0.1, 0.15) is 5.82 Å². The van der Waals surface area contributed by atoms with Crippen molar-refractivity contribution in [3.8, 4) is 5.69 Å². The highest BCUT2D eigenvalue weighted by molar-refractivity contribution is 9.10. The lowest BCUT2D eigenvalue weighted by atomic mass is 10.3. The van der Waals surface area contributed by atoms with Gasteiger partial charge in [0, 0.05) is 16.4 Å². The van der Waals surface area contributed by atoms with Crippen molar-refractivity contribution in [1.29, 1.82) is 0 Å². The maximum atomic E-state index is 13.1. The van der Waals surface area contributed by atoms with E-state index in [-0.39, 0.29) is 5.82 Å². The average molecular weight is 287 g/mol. The molecule has 1 N–H and O–H groups in total. The van der Waals surface area contributed by atoms with Gasteiger partial charge in [-0.05, 0) is 53.3 Å². The fourth-order valence-corrected chi connectivity index (χ4v) is 2.14. The van der Waals surface area contributed by atoms with E-state index in [1.54, 1.807) is 16.8 Å². The van der Waals surface area contributed by atoms with E-state index in [4.69, 9.17) is 12.2 Å². The highest BCUT2D eigenvalue weighted by atomic mass is 79.9. The predicted molar refractivity (Wildman–Crippen MR) is 63.3 cm³/mol. The number of nitrogens with one attached hydrogen (secondary N) is 1. The molecule has 0 aliphatic carbocycles. The van der Waals surface area contributed by atoms with Crippen molar-refractivity contribution in [3.05, 3.63) is 45.2 Å². The third kappa shape index (κ3) is 1.89. The van der Waals surface area contributed by atoms with Crippen LogP contribution in [0, 0.1) is 17.5 Å². The van der Waals surface area contributed by atoms with Crippen molar-refractivity contribution >= 4 is 28.1 Å². The van der Waals surface area contributed by atoms with Crippen molar-refractivity contribution in [2.75, 3.05) is 0 Å². The van der Waals surface area contributed by atoms with E-state index in [1.807, 2.05) is 6.92 Å². The number of aromatic nitrogens is 2. The number of H-pyrrole nitrogens is 1. The maximum absolute atomic E-state index is 13.1. The van der Waals surface area contributed by atoms with Crippen LogP contribution in [0.4, 0.5) is 4.39 Å². The zero-order valence-electron chi connectivity index (χ0n) is 7.92. The summed E-state index contributed by atoms with van der Waals surface area (Å²) in [6.45, 7) is 1.91. The number of halogens is 2. The van der Waals surface area contributed by atoms with Crippen molar-refractivity contribution in [3.63, 3.8) is 0 Å². The molecule has 0 fully saturated rings. The number of aromatic amines is 1. The fourth-order valence-electron chi connectivity index (χ4n) is 1.41. The minimum absolute atomic E-state index is 0.282. The number of nitrogens with zero attached hydrogens (tertiary/aromatic N) is 1. The van der Waals surface area contributed by atoms with Crippen molar-refractivity contribution in [2.45, 2.75) is 6.92 Å². The van der Waals surface area contributed by atoms with Gasteiger partial charge in [0.05, 0.1) is 5.69 Å². The first-order valence-electron chi connectivity index (χ1n) is 4.32. The third-order valence-corrected chi connectivity index (χ3v) is 3.08. The Balaban J connectivity index is 2.74. The van der Waals surface area contributed by atoms with Crippen LogP contribution in [0.2, 0.25) is 0 Å². The summed E-state index contributed by atoms with van der Waals surface area (Å²) in [5.41, 5.74) is 1.64. The van der Waals surface area contributed by atoms with E-state index in [0.29, 0.717) is 10.5 Å². The molecule has 0 saturated heterocycles. The number of benzene rings is 1. The number of rotatable bonds is 1. The summed E-state index contributed by atoms with van der Waals surface area (Å²) in [6, 6.07) is 4.51. The summed E-state index contributed by atoms with van der Waals surface area (Å²) < 4.78 is 16.3. The van der Waals surface area contributed by atoms with Crippen molar-refractivity contribution < 1.29 is 4.39 Å².